The van der Waals surface area contributed by atoms with E-state index in [0.717, 1.165) is 37.5 Å². The first-order valence-corrected chi connectivity index (χ1v) is 11.1. The number of fused-ring (bicyclic) bond motifs is 3. The summed E-state index contributed by atoms with van der Waals surface area (Å²) in [4.78, 5) is 12.3. The average Bonchev–Trinajstić information content (AvgIpc) is 2.99. The summed E-state index contributed by atoms with van der Waals surface area (Å²) in [5.41, 5.74) is -0.00623. The molecule has 1 saturated heterocycles. The van der Waals surface area contributed by atoms with Gasteiger partial charge in [-0.05, 0) is 101 Å². The van der Waals surface area contributed by atoms with Crippen molar-refractivity contribution < 1.29 is 14.6 Å². The van der Waals surface area contributed by atoms with Crippen LogP contribution in [0.5, 0.6) is 0 Å². The van der Waals surface area contributed by atoms with Crippen LogP contribution in [0.15, 0.2) is 0 Å². The van der Waals surface area contributed by atoms with Gasteiger partial charge in [0, 0.05) is 11.3 Å². The average molecular weight is 361 g/mol. The molecule has 0 spiro atoms. The zero-order valence-electron chi connectivity index (χ0n) is 17.0. The normalized spacial score (nSPS) is 60.9. The van der Waals surface area contributed by atoms with Crippen molar-refractivity contribution in [3.63, 3.8) is 0 Å². The summed E-state index contributed by atoms with van der Waals surface area (Å²) in [6, 6.07) is 0. The number of hydrogen-bond donors (Lipinski definition) is 1. The minimum atomic E-state index is -0.511. The van der Waals surface area contributed by atoms with Crippen LogP contribution < -0.4 is 0 Å². The Balaban J connectivity index is 1.51. The van der Waals surface area contributed by atoms with Crippen molar-refractivity contribution in [3.05, 3.63) is 0 Å². The fraction of sp³-hybridized carbons (Fsp3) is 0.957. The second-order valence-corrected chi connectivity index (χ2v) is 11.1. The monoisotopic (exact) mass is 360 g/mol. The van der Waals surface area contributed by atoms with Gasteiger partial charge in [-0.2, -0.15) is 0 Å². The predicted octanol–water partition coefficient (Wildman–Crippen LogP) is 4.36. The highest BCUT2D eigenvalue weighted by Crippen LogP contribution is 2.71. The maximum Gasteiger partial charge on any atom is 0.133 e. The van der Waals surface area contributed by atoms with E-state index in [-0.39, 0.29) is 16.7 Å². The second kappa shape index (κ2) is 5.35. The molecule has 26 heavy (non-hydrogen) atoms. The maximum absolute atomic E-state index is 12.3. The molecule has 0 aromatic carbocycles. The predicted molar refractivity (Wildman–Crippen MR) is 101 cm³/mol. The van der Waals surface area contributed by atoms with Crippen molar-refractivity contribution >= 4 is 5.78 Å². The Hall–Kier alpha value is -0.410. The maximum atomic E-state index is 12.3. The standard InChI is InChI=1S/C23H36O3/c1-13(24)16-5-6-17-15-11-20-19-12-21(3,25)9-10-23(19,14(2)26-20)18(15)7-8-22(16,17)4/h14-20,25H,5-12H2,1-4H3/t14-,15+,16-,17+,18?,19?,20-,21-,22-,23+/m1/s1. The fourth-order valence-corrected chi connectivity index (χ4v) is 9.10. The molecule has 10 atom stereocenters. The molecule has 0 radical (unpaired) electrons. The van der Waals surface area contributed by atoms with E-state index in [2.05, 4.69) is 13.8 Å². The van der Waals surface area contributed by atoms with Crippen molar-refractivity contribution in [2.24, 2.45) is 40.4 Å². The van der Waals surface area contributed by atoms with E-state index in [9.17, 15) is 9.90 Å². The fourth-order valence-electron chi connectivity index (χ4n) is 9.10. The molecule has 146 valence electrons. The van der Waals surface area contributed by atoms with Crippen LogP contribution in [0.1, 0.15) is 79.1 Å². The third kappa shape index (κ3) is 2.05. The van der Waals surface area contributed by atoms with E-state index in [1.807, 2.05) is 13.8 Å². The van der Waals surface area contributed by atoms with Gasteiger partial charge < -0.3 is 9.84 Å². The van der Waals surface area contributed by atoms with E-state index in [0.29, 0.717) is 29.8 Å². The molecule has 1 heterocycles. The van der Waals surface area contributed by atoms with Crippen molar-refractivity contribution in [1.29, 1.82) is 0 Å². The Labute approximate surface area is 158 Å². The van der Waals surface area contributed by atoms with Gasteiger partial charge in [0.05, 0.1) is 17.8 Å². The first kappa shape index (κ1) is 17.7. The summed E-state index contributed by atoms with van der Waals surface area (Å²) in [5, 5.41) is 10.7. The summed E-state index contributed by atoms with van der Waals surface area (Å²) >= 11 is 0. The molecular formula is C23H36O3. The molecule has 5 aliphatic rings. The zero-order chi connectivity index (χ0) is 18.5. The number of ether oxygens (including phenoxy) is 1. The van der Waals surface area contributed by atoms with Gasteiger partial charge in [-0.1, -0.05) is 6.92 Å². The van der Waals surface area contributed by atoms with Gasteiger partial charge in [0.2, 0.25) is 0 Å². The Morgan fingerprint density at radius 1 is 1.04 bits per heavy atom. The highest BCUT2D eigenvalue weighted by Gasteiger charge is 2.69. The van der Waals surface area contributed by atoms with Crippen LogP contribution in [-0.2, 0) is 9.53 Å². The number of carbonyl (C=O) groups excluding carboxylic acids is 1. The molecular weight excluding hydrogens is 324 g/mol. The van der Waals surface area contributed by atoms with E-state index in [1.165, 1.54) is 25.7 Å². The molecule has 5 fully saturated rings. The lowest BCUT2D eigenvalue weighted by Crippen LogP contribution is -2.59. The summed E-state index contributed by atoms with van der Waals surface area (Å²) < 4.78 is 6.59. The van der Waals surface area contributed by atoms with Crippen LogP contribution in [0, 0.1) is 40.4 Å². The lowest BCUT2D eigenvalue weighted by Gasteiger charge is -2.61. The van der Waals surface area contributed by atoms with Crippen molar-refractivity contribution in [2.45, 2.75) is 96.9 Å². The Bertz CT molecular complexity index is 627. The van der Waals surface area contributed by atoms with Gasteiger partial charge in [0.15, 0.2) is 0 Å². The van der Waals surface area contributed by atoms with E-state index in [1.54, 1.807) is 0 Å². The third-order valence-electron chi connectivity index (χ3n) is 10.2. The molecule has 0 aromatic rings. The molecule has 4 saturated carbocycles. The molecule has 1 aliphatic heterocycles. The SMILES string of the molecule is CC(=O)[C@H]1CC[C@H]2[C@@H]3C[C@H]4O[C@H](C)[C@@]5(CC[C@@](C)(O)CC45)C3CC[C@]12C. The lowest BCUT2D eigenvalue weighted by molar-refractivity contribution is -0.147. The number of carbonyl (C=O) groups is 1. The molecule has 3 heteroatoms. The van der Waals surface area contributed by atoms with E-state index < -0.39 is 5.60 Å². The van der Waals surface area contributed by atoms with Gasteiger partial charge in [0.25, 0.3) is 0 Å². The molecule has 2 bridgehead atoms. The molecule has 0 aromatic heterocycles. The first-order chi connectivity index (χ1) is 12.2. The van der Waals surface area contributed by atoms with Crippen LogP contribution in [0.2, 0.25) is 0 Å². The molecule has 0 amide bonds. The highest BCUT2D eigenvalue weighted by atomic mass is 16.5. The molecule has 2 unspecified atom stereocenters. The van der Waals surface area contributed by atoms with E-state index >= 15 is 0 Å². The number of aliphatic hydroxyl groups is 1. The minimum absolute atomic E-state index is 0.222. The van der Waals surface area contributed by atoms with Crippen LogP contribution in [0.3, 0.4) is 0 Å². The van der Waals surface area contributed by atoms with Gasteiger partial charge >= 0.3 is 0 Å². The summed E-state index contributed by atoms with van der Waals surface area (Å²) in [7, 11) is 0. The Kier molecular flexibility index (Phi) is 3.63. The van der Waals surface area contributed by atoms with Gasteiger partial charge in [-0.25, -0.2) is 0 Å². The quantitative estimate of drug-likeness (QED) is 0.755. The summed E-state index contributed by atoms with van der Waals surface area (Å²) in [6.07, 6.45) is 9.62. The number of rotatable bonds is 1. The van der Waals surface area contributed by atoms with Crippen LogP contribution in [0.4, 0.5) is 0 Å². The third-order valence-corrected chi connectivity index (χ3v) is 10.2. The van der Waals surface area contributed by atoms with Crippen molar-refractivity contribution in [2.75, 3.05) is 0 Å². The van der Waals surface area contributed by atoms with Crippen LogP contribution >= 0.6 is 0 Å². The van der Waals surface area contributed by atoms with Crippen LogP contribution in [-0.4, -0.2) is 28.7 Å². The lowest BCUT2D eigenvalue weighted by atomic mass is 9.42. The zero-order valence-corrected chi connectivity index (χ0v) is 17.0. The van der Waals surface area contributed by atoms with E-state index in [4.69, 9.17) is 4.74 Å². The highest BCUT2D eigenvalue weighted by molar-refractivity contribution is 5.79. The smallest absolute Gasteiger partial charge is 0.133 e. The molecule has 4 aliphatic carbocycles. The Morgan fingerprint density at radius 2 is 1.81 bits per heavy atom. The number of hydrogen-bond acceptors (Lipinski definition) is 3. The van der Waals surface area contributed by atoms with Crippen molar-refractivity contribution in [1.82, 2.24) is 0 Å². The largest absolute Gasteiger partial charge is 0.390 e. The first-order valence-electron chi connectivity index (χ1n) is 11.1. The number of Topliss-reactive ketones (excluding diaryl/α,β-unsaturated/α-hetero) is 1. The molecule has 1 N–H and O–H groups in total. The molecule has 5 rings (SSSR count). The Morgan fingerprint density at radius 3 is 2.54 bits per heavy atom. The van der Waals surface area contributed by atoms with Gasteiger partial charge in [-0.3, -0.25) is 4.79 Å². The van der Waals surface area contributed by atoms with Gasteiger partial charge in [-0.15, -0.1) is 0 Å². The summed E-state index contributed by atoms with van der Waals surface area (Å²) in [6.45, 7) is 8.59. The number of ketones is 1. The topological polar surface area (TPSA) is 46.5 Å². The minimum Gasteiger partial charge on any atom is -0.390 e. The van der Waals surface area contributed by atoms with Gasteiger partial charge in [0.1, 0.15) is 5.78 Å². The second-order valence-electron chi connectivity index (χ2n) is 11.1. The summed E-state index contributed by atoms with van der Waals surface area (Å²) in [5.74, 6) is 3.41. The van der Waals surface area contributed by atoms with Crippen molar-refractivity contribution in [3.8, 4) is 0 Å². The molecule has 3 nitrogen and oxygen atoms in total. The van der Waals surface area contributed by atoms with Crippen LogP contribution in [0.25, 0.3) is 0 Å².